The van der Waals surface area contributed by atoms with Crippen LogP contribution in [0.3, 0.4) is 0 Å². The SMILES string of the molecule is [C-]#[N+]/C=C1\C(c2ccc(OC(C)(C)C)cc2)=C([N+]#[C-])c2cc3c(cc21)/C(=C/C#N)C(C(=C)/C=C\C(=C)OC(C)(C)C)=C3C#N. The van der Waals surface area contributed by atoms with Crippen LogP contribution >= 0.6 is 0 Å². The molecule has 44 heavy (non-hydrogen) atoms. The summed E-state index contributed by atoms with van der Waals surface area (Å²) in [4.78, 5) is 7.47. The number of ether oxygens (including phenoxy) is 2. The first-order valence-corrected chi connectivity index (χ1v) is 13.9. The molecule has 216 valence electrons. The lowest BCUT2D eigenvalue weighted by Crippen LogP contribution is -2.22. The molecule has 4 rings (SSSR count). The zero-order valence-corrected chi connectivity index (χ0v) is 25.8. The number of hydrogen-bond donors (Lipinski definition) is 0. The third kappa shape index (κ3) is 6.17. The Bertz CT molecular complexity index is 1920. The van der Waals surface area contributed by atoms with Crippen molar-refractivity contribution in [3.05, 3.63) is 142 Å². The van der Waals surface area contributed by atoms with Crippen LogP contribution in [0.4, 0.5) is 0 Å². The molecule has 0 heterocycles. The maximum absolute atomic E-state index is 10.3. The van der Waals surface area contributed by atoms with Gasteiger partial charge in [0.1, 0.15) is 28.8 Å². The fourth-order valence-corrected chi connectivity index (χ4v) is 5.27. The number of allylic oxidation sites excluding steroid dienone is 9. The van der Waals surface area contributed by atoms with Gasteiger partial charge in [0, 0.05) is 22.8 Å². The van der Waals surface area contributed by atoms with Crippen LogP contribution in [-0.2, 0) is 4.74 Å². The van der Waals surface area contributed by atoms with E-state index in [2.05, 4.69) is 35.0 Å². The molecule has 0 fully saturated rings. The Labute approximate surface area is 259 Å². The summed E-state index contributed by atoms with van der Waals surface area (Å²) < 4.78 is 11.8. The van der Waals surface area contributed by atoms with Gasteiger partial charge in [-0.05, 0) is 105 Å². The largest absolute Gasteiger partial charge is 0.489 e. The quantitative estimate of drug-likeness (QED) is 0.149. The molecule has 0 unspecified atom stereocenters. The minimum absolute atomic E-state index is 0.346. The van der Waals surface area contributed by atoms with Gasteiger partial charge in [0.2, 0.25) is 5.70 Å². The van der Waals surface area contributed by atoms with Gasteiger partial charge in [0.15, 0.2) is 6.20 Å². The fraction of sp³-hybridized carbons (Fsp3) is 0.211. The molecule has 2 aromatic carbocycles. The summed E-state index contributed by atoms with van der Waals surface area (Å²) in [6.07, 6.45) is 6.22. The molecule has 0 saturated heterocycles. The van der Waals surface area contributed by atoms with Crippen LogP contribution in [0, 0.1) is 35.8 Å². The predicted molar refractivity (Wildman–Crippen MR) is 176 cm³/mol. The average molecular weight is 577 g/mol. The highest BCUT2D eigenvalue weighted by Crippen LogP contribution is 2.52. The van der Waals surface area contributed by atoms with E-state index >= 15 is 0 Å². The summed E-state index contributed by atoms with van der Waals surface area (Å²) in [5, 5.41) is 20.1. The van der Waals surface area contributed by atoms with Crippen LogP contribution in [0.15, 0.2) is 90.9 Å². The highest BCUT2D eigenvalue weighted by molar-refractivity contribution is 6.24. The average Bonchev–Trinajstić information content (AvgIpc) is 3.41. The molecular formula is C38H32N4O2. The Kier molecular flexibility index (Phi) is 8.36. The molecule has 2 aliphatic rings. The molecule has 0 radical (unpaired) electrons. The Morgan fingerprint density at radius 2 is 1.50 bits per heavy atom. The van der Waals surface area contributed by atoms with E-state index in [1.807, 2.05) is 77.9 Å². The van der Waals surface area contributed by atoms with E-state index in [1.165, 1.54) is 12.3 Å². The van der Waals surface area contributed by atoms with E-state index in [1.54, 1.807) is 12.2 Å². The number of fused-ring (bicyclic) bond motifs is 2. The lowest BCUT2D eigenvalue weighted by Gasteiger charge is -2.21. The first-order valence-electron chi connectivity index (χ1n) is 13.9. The number of rotatable bonds is 6. The summed E-state index contributed by atoms with van der Waals surface area (Å²) in [6, 6.07) is 15.6. The Balaban J connectivity index is 1.87. The third-order valence-corrected chi connectivity index (χ3v) is 6.71. The molecular weight excluding hydrogens is 544 g/mol. The highest BCUT2D eigenvalue weighted by Gasteiger charge is 2.34. The minimum Gasteiger partial charge on any atom is -0.489 e. The van der Waals surface area contributed by atoms with Crippen molar-refractivity contribution in [1.29, 1.82) is 10.5 Å². The van der Waals surface area contributed by atoms with Crippen LogP contribution in [0.25, 0.3) is 37.7 Å². The second-order valence-electron chi connectivity index (χ2n) is 12.3. The molecule has 6 heteroatoms. The van der Waals surface area contributed by atoms with Crippen molar-refractivity contribution in [2.45, 2.75) is 52.7 Å². The zero-order chi connectivity index (χ0) is 32.4. The highest BCUT2D eigenvalue weighted by atomic mass is 16.5. The van der Waals surface area contributed by atoms with Crippen molar-refractivity contribution in [3.8, 4) is 17.9 Å². The van der Waals surface area contributed by atoms with Gasteiger partial charge >= 0.3 is 0 Å². The molecule has 0 bridgehead atoms. The van der Waals surface area contributed by atoms with E-state index in [0.29, 0.717) is 72.9 Å². The van der Waals surface area contributed by atoms with Gasteiger partial charge < -0.3 is 9.47 Å². The molecule has 0 atom stereocenters. The summed E-state index contributed by atoms with van der Waals surface area (Å²) in [7, 11) is 0. The van der Waals surface area contributed by atoms with Crippen LogP contribution in [0.5, 0.6) is 5.75 Å². The maximum atomic E-state index is 10.3. The zero-order valence-electron chi connectivity index (χ0n) is 25.8. The Hall–Kier alpha value is -5.82. The first-order chi connectivity index (χ1) is 20.7. The van der Waals surface area contributed by atoms with Crippen molar-refractivity contribution < 1.29 is 9.47 Å². The summed E-state index contributed by atoms with van der Waals surface area (Å²) in [5.41, 5.74) is 6.08. The smallest absolute Gasteiger partial charge is 0.201 e. The molecule has 0 N–H and O–H groups in total. The Morgan fingerprint density at radius 3 is 2.05 bits per heavy atom. The lowest BCUT2D eigenvalue weighted by atomic mass is 9.93. The Morgan fingerprint density at radius 1 is 0.864 bits per heavy atom. The minimum atomic E-state index is -0.429. The molecule has 0 amide bonds. The fourth-order valence-electron chi connectivity index (χ4n) is 5.27. The number of nitrogens with zero attached hydrogens (tertiary/aromatic N) is 4. The van der Waals surface area contributed by atoms with Crippen molar-refractivity contribution in [3.63, 3.8) is 0 Å². The molecule has 0 aliphatic heterocycles. The topological polar surface area (TPSA) is 74.8 Å². The van der Waals surface area contributed by atoms with Crippen LogP contribution in [0.1, 0.15) is 69.4 Å². The molecule has 0 aromatic heterocycles. The monoisotopic (exact) mass is 576 g/mol. The van der Waals surface area contributed by atoms with E-state index in [4.69, 9.17) is 22.6 Å². The molecule has 2 aliphatic carbocycles. The van der Waals surface area contributed by atoms with Gasteiger partial charge in [0.05, 0.1) is 24.8 Å². The van der Waals surface area contributed by atoms with E-state index in [0.717, 1.165) is 5.56 Å². The van der Waals surface area contributed by atoms with Gasteiger partial charge in [-0.25, -0.2) is 9.69 Å². The molecule has 0 spiro atoms. The summed E-state index contributed by atoms with van der Waals surface area (Å²) >= 11 is 0. The van der Waals surface area contributed by atoms with Crippen molar-refractivity contribution >= 4 is 28.0 Å². The van der Waals surface area contributed by atoms with Gasteiger partial charge in [-0.1, -0.05) is 37.4 Å². The third-order valence-electron chi connectivity index (χ3n) is 6.71. The van der Waals surface area contributed by atoms with Crippen LogP contribution in [-0.4, -0.2) is 11.2 Å². The van der Waals surface area contributed by atoms with Gasteiger partial charge in [-0.2, -0.15) is 10.5 Å². The number of hydrogen-bond acceptors (Lipinski definition) is 4. The molecule has 0 saturated carbocycles. The van der Waals surface area contributed by atoms with Gasteiger partial charge in [-0.3, -0.25) is 0 Å². The number of benzene rings is 2. The van der Waals surface area contributed by atoms with Crippen molar-refractivity contribution in [2.24, 2.45) is 0 Å². The van der Waals surface area contributed by atoms with Gasteiger partial charge in [0.25, 0.3) is 0 Å². The second kappa shape index (κ2) is 11.8. The van der Waals surface area contributed by atoms with E-state index in [-0.39, 0.29) is 5.60 Å². The number of nitriles is 2. The summed E-state index contributed by atoms with van der Waals surface area (Å²) in [5.74, 6) is 1.13. The van der Waals surface area contributed by atoms with Crippen LogP contribution in [0.2, 0.25) is 0 Å². The van der Waals surface area contributed by atoms with Crippen molar-refractivity contribution in [2.75, 3.05) is 0 Å². The normalized spacial score (nSPS) is 15.9. The van der Waals surface area contributed by atoms with Gasteiger partial charge in [-0.15, -0.1) is 0 Å². The maximum Gasteiger partial charge on any atom is 0.201 e. The van der Waals surface area contributed by atoms with E-state index in [9.17, 15) is 10.5 Å². The first kappa shape index (κ1) is 31.1. The molecule has 2 aromatic rings. The predicted octanol–water partition coefficient (Wildman–Crippen LogP) is 9.56. The lowest BCUT2D eigenvalue weighted by molar-refractivity contribution is 0.0609. The van der Waals surface area contributed by atoms with Crippen molar-refractivity contribution in [1.82, 2.24) is 0 Å². The summed E-state index contributed by atoms with van der Waals surface area (Å²) in [6.45, 7) is 35.6. The standard InChI is InChI=1S/C38H32N4O2/c1-23(11-12-24(2)43-37(3,4)5)34-27(17-18-39)28-19-30-31(20-29(28)32(34)21-40)36(42-10)35(33(30)22-41-9)25-13-15-26(16-14-25)44-38(6,7)8/h11-17,19-20,22H,1-2H2,3-8H3/b12-11-,27-17-,33-22-. The van der Waals surface area contributed by atoms with Crippen LogP contribution < -0.4 is 4.74 Å². The second-order valence-corrected chi connectivity index (χ2v) is 12.3. The van der Waals surface area contributed by atoms with E-state index < -0.39 is 5.60 Å². The molecule has 6 nitrogen and oxygen atoms in total.